The third-order valence-electron chi connectivity index (χ3n) is 5.57. The molecule has 11 heteroatoms. The van der Waals surface area contributed by atoms with Crippen LogP contribution in [-0.2, 0) is 21.3 Å². The molecule has 0 radical (unpaired) electrons. The maximum Gasteiger partial charge on any atom is 0.240 e. The Morgan fingerprint density at radius 3 is 2.64 bits per heavy atom. The summed E-state index contributed by atoms with van der Waals surface area (Å²) in [5.74, 6) is -0.876. The fraction of sp³-hybridized carbons (Fsp3) is 0.364. The summed E-state index contributed by atoms with van der Waals surface area (Å²) >= 11 is 0. The molecule has 1 aromatic heterocycles. The van der Waals surface area contributed by atoms with Gasteiger partial charge in [0.1, 0.15) is 17.3 Å². The second-order valence-electron chi connectivity index (χ2n) is 7.90. The SMILES string of the molecule is O=S(=O)(N[C@@H]1CC[C@H](CCn2cc(-c3cccc(F)c3)nn2)O[C@H]1CO)c1ccc(F)cc1. The van der Waals surface area contributed by atoms with Gasteiger partial charge in [0, 0.05) is 12.1 Å². The van der Waals surface area contributed by atoms with Crippen molar-refractivity contribution >= 4 is 10.0 Å². The number of nitrogens with one attached hydrogen (secondary N) is 1. The predicted octanol–water partition coefficient (Wildman–Crippen LogP) is 2.50. The van der Waals surface area contributed by atoms with Gasteiger partial charge < -0.3 is 9.84 Å². The smallest absolute Gasteiger partial charge is 0.240 e. The molecule has 8 nitrogen and oxygen atoms in total. The first kappa shape index (κ1) is 23.4. The third kappa shape index (κ3) is 5.80. The van der Waals surface area contributed by atoms with E-state index in [-0.39, 0.29) is 23.4 Å². The zero-order valence-electron chi connectivity index (χ0n) is 17.6. The molecular formula is C22H24F2N4O4S. The number of ether oxygens (including phenoxy) is 1. The van der Waals surface area contributed by atoms with Crippen molar-refractivity contribution < 1.29 is 27.0 Å². The van der Waals surface area contributed by atoms with Crippen LogP contribution in [0, 0.1) is 11.6 Å². The molecule has 0 spiro atoms. The quantitative estimate of drug-likeness (QED) is 0.515. The van der Waals surface area contributed by atoms with Gasteiger partial charge in [0.05, 0.1) is 35.9 Å². The Morgan fingerprint density at radius 2 is 1.91 bits per heavy atom. The molecule has 1 aliphatic rings. The lowest BCUT2D eigenvalue weighted by atomic mass is 9.98. The van der Waals surface area contributed by atoms with Crippen LogP contribution in [-0.4, -0.2) is 53.4 Å². The van der Waals surface area contributed by atoms with Gasteiger partial charge in [-0.3, -0.25) is 4.68 Å². The van der Waals surface area contributed by atoms with Crippen LogP contribution in [0.3, 0.4) is 0 Å². The molecule has 2 N–H and O–H groups in total. The Kier molecular flexibility index (Phi) is 7.13. The largest absolute Gasteiger partial charge is 0.394 e. The van der Waals surface area contributed by atoms with Crippen molar-refractivity contribution in [2.45, 2.75) is 49.0 Å². The van der Waals surface area contributed by atoms with Gasteiger partial charge in [-0.1, -0.05) is 17.3 Å². The summed E-state index contributed by atoms with van der Waals surface area (Å²) in [6.45, 7) is 0.150. The summed E-state index contributed by atoms with van der Waals surface area (Å²) in [4.78, 5) is -0.0528. The summed E-state index contributed by atoms with van der Waals surface area (Å²) in [7, 11) is -3.88. The van der Waals surface area contributed by atoms with Crippen molar-refractivity contribution in [1.82, 2.24) is 19.7 Å². The number of aryl methyl sites for hydroxylation is 1. The normalized spacial score (nSPS) is 21.2. The molecule has 4 rings (SSSR count). The summed E-state index contributed by atoms with van der Waals surface area (Å²) < 4.78 is 61.8. The van der Waals surface area contributed by atoms with Gasteiger partial charge in [0.2, 0.25) is 10.0 Å². The summed E-state index contributed by atoms with van der Waals surface area (Å²) in [5.41, 5.74) is 1.19. The first-order valence-corrected chi connectivity index (χ1v) is 12.0. The fourth-order valence-electron chi connectivity index (χ4n) is 3.82. The third-order valence-corrected chi connectivity index (χ3v) is 7.07. The molecule has 2 aromatic carbocycles. The van der Waals surface area contributed by atoms with E-state index in [1.165, 1.54) is 24.3 Å². The molecule has 176 valence electrons. The maximum absolute atomic E-state index is 13.4. The molecule has 0 saturated carbocycles. The standard InChI is InChI=1S/C22H24F2N4O4S/c23-16-4-7-19(8-5-16)33(30,31)26-20-9-6-18(32-22(20)14-29)10-11-28-13-21(25-27-28)15-2-1-3-17(24)12-15/h1-5,7-8,12-13,18,20,22,26,29H,6,9-11,14H2/t18-,20-,22+/m1/s1. The van der Waals surface area contributed by atoms with E-state index >= 15 is 0 Å². The average Bonchev–Trinajstić information content (AvgIpc) is 3.28. The van der Waals surface area contributed by atoms with Gasteiger partial charge in [-0.2, -0.15) is 0 Å². The maximum atomic E-state index is 13.4. The fourth-order valence-corrected chi connectivity index (χ4v) is 5.12. The molecule has 0 bridgehead atoms. The van der Waals surface area contributed by atoms with Crippen LogP contribution < -0.4 is 4.72 Å². The highest BCUT2D eigenvalue weighted by atomic mass is 32.2. The highest BCUT2D eigenvalue weighted by molar-refractivity contribution is 7.89. The van der Waals surface area contributed by atoms with Gasteiger partial charge in [-0.15, -0.1) is 5.10 Å². The lowest BCUT2D eigenvalue weighted by Crippen LogP contribution is -2.50. The predicted molar refractivity (Wildman–Crippen MR) is 116 cm³/mol. The molecule has 2 heterocycles. The lowest BCUT2D eigenvalue weighted by molar-refractivity contribution is -0.0891. The number of benzene rings is 2. The van der Waals surface area contributed by atoms with E-state index < -0.39 is 28.0 Å². The van der Waals surface area contributed by atoms with Crippen molar-refractivity contribution in [2.75, 3.05) is 6.61 Å². The van der Waals surface area contributed by atoms with Gasteiger partial charge in [-0.05, 0) is 55.7 Å². The van der Waals surface area contributed by atoms with Gasteiger partial charge in [0.25, 0.3) is 0 Å². The van der Waals surface area contributed by atoms with E-state index in [2.05, 4.69) is 15.0 Å². The van der Waals surface area contributed by atoms with Crippen LogP contribution in [0.15, 0.2) is 59.6 Å². The molecule has 3 atom stereocenters. The molecule has 0 amide bonds. The molecular weight excluding hydrogens is 454 g/mol. The van der Waals surface area contributed by atoms with Crippen LogP contribution in [0.5, 0.6) is 0 Å². The van der Waals surface area contributed by atoms with E-state index in [0.717, 1.165) is 12.1 Å². The van der Waals surface area contributed by atoms with Crippen molar-refractivity contribution in [1.29, 1.82) is 0 Å². The Morgan fingerprint density at radius 1 is 1.12 bits per heavy atom. The summed E-state index contributed by atoms with van der Waals surface area (Å²) in [5, 5.41) is 17.9. The molecule has 0 aliphatic carbocycles. The van der Waals surface area contributed by atoms with E-state index in [4.69, 9.17) is 4.74 Å². The Labute approximate surface area is 190 Å². The van der Waals surface area contributed by atoms with Gasteiger partial charge in [-0.25, -0.2) is 21.9 Å². The average molecular weight is 479 g/mol. The molecule has 1 fully saturated rings. The van der Waals surface area contributed by atoms with Gasteiger partial charge in [0.15, 0.2) is 0 Å². The van der Waals surface area contributed by atoms with E-state index in [0.29, 0.717) is 37.1 Å². The number of rotatable bonds is 8. The Balaban J connectivity index is 1.33. The molecule has 33 heavy (non-hydrogen) atoms. The molecule has 3 aromatic rings. The van der Waals surface area contributed by atoms with Crippen molar-refractivity contribution in [3.8, 4) is 11.3 Å². The van der Waals surface area contributed by atoms with E-state index in [1.807, 2.05) is 0 Å². The number of sulfonamides is 1. The van der Waals surface area contributed by atoms with Crippen LogP contribution in [0.2, 0.25) is 0 Å². The first-order valence-electron chi connectivity index (χ1n) is 10.5. The van der Waals surface area contributed by atoms with Crippen LogP contribution >= 0.6 is 0 Å². The van der Waals surface area contributed by atoms with Gasteiger partial charge >= 0.3 is 0 Å². The summed E-state index contributed by atoms with van der Waals surface area (Å²) in [6, 6.07) is 10.0. The highest BCUT2D eigenvalue weighted by Gasteiger charge is 2.34. The van der Waals surface area contributed by atoms with Crippen molar-refractivity contribution in [3.63, 3.8) is 0 Å². The van der Waals surface area contributed by atoms with Crippen molar-refractivity contribution in [2.24, 2.45) is 0 Å². The zero-order valence-corrected chi connectivity index (χ0v) is 18.5. The number of nitrogens with zero attached hydrogens (tertiary/aromatic N) is 3. The number of hydrogen-bond donors (Lipinski definition) is 2. The minimum atomic E-state index is -3.88. The molecule has 0 unspecified atom stereocenters. The summed E-state index contributed by atoms with van der Waals surface area (Å²) in [6.07, 6.45) is 2.45. The second kappa shape index (κ2) is 10.0. The van der Waals surface area contributed by atoms with Crippen molar-refractivity contribution in [3.05, 3.63) is 66.4 Å². The lowest BCUT2D eigenvalue weighted by Gasteiger charge is -2.36. The number of aromatic nitrogens is 3. The first-order chi connectivity index (χ1) is 15.8. The Bertz CT molecular complexity index is 1190. The van der Waals surface area contributed by atoms with Crippen LogP contribution in [0.4, 0.5) is 8.78 Å². The second-order valence-corrected chi connectivity index (χ2v) is 9.62. The topological polar surface area (TPSA) is 106 Å². The van der Waals surface area contributed by atoms with E-state index in [1.54, 1.807) is 23.0 Å². The van der Waals surface area contributed by atoms with Crippen LogP contribution in [0.1, 0.15) is 19.3 Å². The van der Waals surface area contributed by atoms with E-state index in [9.17, 15) is 22.3 Å². The number of aliphatic hydroxyl groups excluding tert-OH is 1. The zero-order chi connectivity index (χ0) is 23.4. The minimum absolute atomic E-state index is 0.0528. The minimum Gasteiger partial charge on any atom is -0.394 e. The number of halogens is 2. The number of hydrogen-bond acceptors (Lipinski definition) is 6. The molecule has 1 aliphatic heterocycles. The number of aliphatic hydroxyl groups is 1. The highest BCUT2D eigenvalue weighted by Crippen LogP contribution is 2.24. The Hall–Kier alpha value is -2.73. The monoisotopic (exact) mass is 478 g/mol. The van der Waals surface area contributed by atoms with Crippen LogP contribution in [0.25, 0.3) is 11.3 Å². The molecule has 1 saturated heterocycles.